The van der Waals surface area contributed by atoms with Crippen molar-refractivity contribution in [3.05, 3.63) is 34.1 Å². The smallest absolute Gasteiger partial charge is 0.327 e. The second-order valence-corrected chi connectivity index (χ2v) is 4.35. The number of carboxylic acid groups (broad SMARTS) is 1. The molecule has 0 aromatic heterocycles. The molecule has 94 valence electrons. The molecule has 2 N–H and O–H groups in total. The maximum Gasteiger partial charge on any atom is 0.327 e. The molecule has 0 fully saturated rings. The van der Waals surface area contributed by atoms with E-state index in [1.807, 2.05) is 0 Å². The predicted molar refractivity (Wildman–Crippen MR) is 66.4 cm³/mol. The average Bonchev–Trinajstić information content (AvgIpc) is 2.26. The van der Waals surface area contributed by atoms with Crippen LogP contribution < -0.4 is 5.32 Å². The summed E-state index contributed by atoms with van der Waals surface area (Å²) in [5, 5.41) is 11.0. The van der Waals surface area contributed by atoms with Gasteiger partial charge in [-0.15, -0.1) is 12.3 Å². The van der Waals surface area contributed by atoms with Crippen LogP contribution in [0.2, 0.25) is 0 Å². The number of hydrogen-bond acceptors (Lipinski definition) is 2. The van der Waals surface area contributed by atoms with E-state index in [9.17, 15) is 14.0 Å². The number of nitrogens with one attached hydrogen (secondary N) is 1. The van der Waals surface area contributed by atoms with Crippen LogP contribution in [0.1, 0.15) is 16.8 Å². The summed E-state index contributed by atoms with van der Waals surface area (Å²) in [6.45, 7) is 0. The number of carbonyl (C=O) groups excluding carboxylic acids is 1. The summed E-state index contributed by atoms with van der Waals surface area (Å²) in [6, 6.07) is 2.39. The highest BCUT2D eigenvalue weighted by Crippen LogP contribution is 2.15. The Morgan fingerprint density at radius 1 is 1.50 bits per heavy atom. The van der Waals surface area contributed by atoms with E-state index in [1.54, 1.807) is 0 Å². The predicted octanol–water partition coefficient (Wildman–Crippen LogP) is 1.79. The Morgan fingerprint density at radius 2 is 2.17 bits per heavy atom. The van der Waals surface area contributed by atoms with E-state index >= 15 is 0 Å². The fraction of sp³-hybridized carbons (Fsp3) is 0.167. The van der Waals surface area contributed by atoms with Crippen LogP contribution in [-0.2, 0) is 4.79 Å². The van der Waals surface area contributed by atoms with Crippen molar-refractivity contribution < 1.29 is 19.1 Å². The molecule has 6 heteroatoms. The molecule has 0 radical (unpaired) electrons. The van der Waals surface area contributed by atoms with Crippen LogP contribution in [0.25, 0.3) is 0 Å². The number of halogens is 2. The number of rotatable bonds is 4. The van der Waals surface area contributed by atoms with Crippen LogP contribution in [0.15, 0.2) is 22.7 Å². The van der Waals surface area contributed by atoms with Gasteiger partial charge in [0.2, 0.25) is 0 Å². The van der Waals surface area contributed by atoms with Gasteiger partial charge < -0.3 is 10.4 Å². The molecule has 1 unspecified atom stereocenters. The molecular weight excluding hydrogens is 305 g/mol. The van der Waals surface area contributed by atoms with Crippen molar-refractivity contribution >= 4 is 27.8 Å². The molecule has 1 atom stereocenters. The van der Waals surface area contributed by atoms with Crippen molar-refractivity contribution in [2.24, 2.45) is 0 Å². The van der Waals surface area contributed by atoms with Gasteiger partial charge in [0.05, 0.1) is 0 Å². The third kappa shape index (κ3) is 3.86. The van der Waals surface area contributed by atoms with Crippen LogP contribution in [-0.4, -0.2) is 23.0 Å². The number of carboxylic acids is 1. The standard InChI is InChI=1S/C12H9BrFNO3/c1-2-3-10(12(17)18)15-11(16)7-4-8(13)6-9(14)5-7/h1,4-6,10H,3H2,(H,15,16)(H,17,18). The monoisotopic (exact) mass is 313 g/mol. The van der Waals surface area contributed by atoms with Gasteiger partial charge in [-0.1, -0.05) is 15.9 Å². The van der Waals surface area contributed by atoms with Crippen LogP contribution in [0.3, 0.4) is 0 Å². The van der Waals surface area contributed by atoms with Crippen LogP contribution in [0.4, 0.5) is 4.39 Å². The van der Waals surface area contributed by atoms with E-state index in [-0.39, 0.29) is 12.0 Å². The summed E-state index contributed by atoms with van der Waals surface area (Å²) in [5.41, 5.74) is 0.0187. The second kappa shape index (κ2) is 6.17. The topological polar surface area (TPSA) is 66.4 Å². The fourth-order valence-electron chi connectivity index (χ4n) is 1.24. The Morgan fingerprint density at radius 3 is 2.67 bits per heavy atom. The lowest BCUT2D eigenvalue weighted by Crippen LogP contribution is -2.40. The summed E-state index contributed by atoms with van der Waals surface area (Å²) in [4.78, 5) is 22.5. The first-order valence-corrected chi connectivity index (χ1v) is 5.66. The maximum atomic E-state index is 13.1. The van der Waals surface area contributed by atoms with E-state index < -0.39 is 23.7 Å². The van der Waals surface area contributed by atoms with Crippen LogP contribution in [0, 0.1) is 18.2 Å². The van der Waals surface area contributed by atoms with Crippen molar-refractivity contribution in [1.29, 1.82) is 0 Å². The summed E-state index contributed by atoms with van der Waals surface area (Å²) in [5.74, 6) is -0.384. The Balaban J connectivity index is 2.87. The normalized spacial score (nSPS) is 11.4. The minimum Gasteiger partial charge on any atom is -0.480 e. The zero-order valence-electron chi connectivity index (χ0n) is 9.11. The zero-order valence-corrected chi connectivity index (χ0v) is 10.7. The third-order valence-corrected chi connectivity index (χ3v) is 2.51. The van der Waals surface area contributed by atoms with Crippen LogP contribution in [0.5, 0.6) is 0 Å². The van der Waals surface area contributed by atoms with Gasteiger partial charge in [0, 0.05) is 16.5 Å². The summed E-state index contributed by atoms with van der Waals surface area (Å²) in [6.07, 6.45) is 4.86. The van der Waals surface area contributed by atoms with E-state index in [2.05, 4.69) is 27.2 Å². The lowest BCUT2D eigenvalue weighted by atomic mass is 10.1. The fourth-order valence-corrected chi connectivity index (χ4v) is 1.71. The first-order valence-electron chi connectivity index (χ1n) is 4.87. The SMILES string of the molecule is C#CCC(NC(=O)c1cc(F)cc(Br)c1)C(=O)O. The highest BCUT2D eigenvalue weighted by atomic mass is 79.9. The number of hydrogen-bond donors (Lipinski definition) is 2. The minimum atomic E-state index is -1.24. The van der Waals surface area contributed by atoms with Crippen molar-refractivity contribution in [3.8, 4) is 12.3 Å². The van der Waals surface area contributed by atoms with Crippen LogP contribution >= 0.6 is 15.9 Å². The molecule has 1 aromatic rings. The van der Waals surface area contributed by atoms with Gasteiger partial charge in [-0.2, -0.15) is 0 Å². The Kier molecular flexibility index (Phi) is 4.86. The lowest BCUT2D eigenvalue weighted by Gasteiger charge is -2.11. The molecule has 1 aromatic carbocycles. The Bertz CT molecular complexity index is 504. The molecule has 0 aliphatic heterocycles. The first-order chi connectivity index (χ1) is 8.43. The minimum absolute atomic E-state index is 0.0187. The average molecular weight is 314 g/mol. The molecule has 18 heavy (non-hydrogen) atoms. The maximum absolute atomic E-state index is 13.1. The molecule has 0 bridgehead atoms. The van der Waals surface area contributed by atoms with Gasteiger partial charge >= 0.3 is 5.97 Å². The second-order valence-electron chi connectivity index (χ2n) is 3.43. The molecule has 4 nitrogen and oxygen atoms in total. The van der Waals surface area contributed by atoms with Gasteiger partial charge in [-0.3, -0.25) is 4.79 Å². The van der Waals surface area contributed by atoms with Gasteiger partial charge in [-0.25, -0.2) is 9.18 Å². The number of carbonyl (C=O) groups is 2. The molecule has 1 rings (SSSR count). The third-order valence-electron chi connectivity index (χ3n) is 2.05. The van der Waals surface area contributed by atoms with Gasteiger partial charge in [0.25, 0.3) is 5.91 Å². The van der Waals surface area contributed by atoms with Gasteiger partial charge in [0.15, 0.2) is 0 Å². The van der Waals surface area contributed by atoms with Crippen molar-refractivity contribution in [1.82, 2.24) is 5.32 Å². The van der Waals surface area contributed by atoms with E-state index in [4.69, 9.17) is 11.5 Å². The number of terminal acetylenes is 1. The zero-order chi connectivity index (χ0) is 13.7. The lowest BCUT2D eigenvalue weighted by molar-refractivity contribution is -0.139. The van der Waals surface area contributed by atoms with Crippen molar-refractivity contribution in [2.75, 3.05) is 0 Å². The Labute approximate surface area is 111 Å². The molecule has 0 aliphatic carbocycles. The van der Waals surface area contributed by atoms with E-state index in [1.165, 1.54) is 12.1 Å². The van der Waals surface area contributed by atoms with E-state index in [0.29, 0.717) is 4.47 Å². The summed E-state index contributed by atoms with van der Waals surface area (Å²) >= 11 is 3.04. The molecule has 0 spiro atoms. The molecule has 0 aliphatic rings. The molecule has 1 amide bonds. The summed E-state index contributed by atoms with van der Waals surface area (Å²) in [7, 11) is 0. The highest BCUT2D eigenvalue weighted by molar-refractivity contribution is 9.10. The molecular formula is C12H9BrFNO3. The molecule has 0 saturated carbocycles. The van der Waals surface area contributed by atoms with E-state index in [0.717, 1.165) is 6.07 Å². The van der Waals surface area contributed by atoms with Crippen molar-refractivity contribution in [3.63, 3.8) is 0 Å². The Hall–Kier alpha value is -1.87. The quantitative estimate of drug-likeness (QED) is 0.833. The number of amides is 1. The molecule has 0 saturated heterocycles. The summed E-state index contributed by atoms with van der Waals surface area (Å²) < 4.78 is 13.5. The number of benzene rings is 1. The highest BCUT2D eigenvalue weighted by Gasteiger charge is 2.20. The number of aliphatic carboxylic acids is 1. The molecule has 0 heterocycles. The van der Waals surface area contributed by atoms with Crippen molar-refractivity contribution in [2.45, 2.75) is 12.5 Å². The first kappa shape index (κ1) is 14.2. The van der Waals surface area contributed by atoms with Gasteiger partial charge in [0.1, 0.15) is 11.9 Å². The van der Waals surface area contributed by atoms with Gasteiger partial charge in [-0.05, 0) is 18.2 Å². The largest absolute Gasteiger partial charge is 0.480 e.